The second-order valence-electron chi connectivity index (χ2n) is 4.68. The highest BCUT2D eigenvalue weighted by atomic mass is 16.5. The number of rotatable bonds is 8. The van der Waals surface area contributed by atoms with Crippen molar-refractivity contribution in [2.75, 3.05) is 0 Å². The molecule has 1 aliphatic rings. The molecule has 106 valence electrons. The average molecular weight is 266 g/mol. The quantitative estimate of drug-likeness (QED) is 0.652. The van der Waals surface area contributed by atoms with E-state index in [1.807, 2.05) is 6.08 Å². The molecule has 0 aromatic heterocycles. The van der Waals surface area contributed by atoms with Gasteiger partial charge in [0.1, 0.15) is 0 Å². The van der Waals surface area contributed by atoms with Gasteiger partial charge in [-0.1, -0.05) is 38.7 Å². The van der Waals surface area contributed by atoms with Gasteiger partial charge in [0.15, 0.2) is 5.76 Å². The number of primary amides is 2. The number of unbranched alkanes of at least 4 members (excludes halogenated alkanes) is 5. The standard InChI is InChI=1S/C14H22N2O3/c1-2-3-4-5-6-7-8-10-9-11(13(15)17)19-12(10)14(16)18/h8-9,12H,2-7H2,1H3,(H2,15,17)(H2,16,18). The third-order valence-electron chi connectivity index (χ3n) is 3.03. The molecule has 0 fully saturated rings. The Labute approximate surface area is 113 Å². The molecule has 1 aliphatic heterocycles. The van der Waals surface area contributed by atoms with Crippen molar-refractivity contribution in [1.82, 2.24) is 0 Å². The van der Waals surface area contributed by atoms with Crippen molar-refractivity contribution in [2.45, 2.75) is 51.6 Å². The van der Waals surface area contributed by atoms with Gasteiger partial charge >= 0.3 is 0 Å². The molecule has 0 aliphatic carbocycles. The van der Waals surface area contributed by atoms with E-state index in [1.54, 1.807) is 0 Å². The van der Waals surface area contributed by atoms with Crippen molar-refractivity contribution in [3.63, 3.8) is 0 Å². The van der Waals surface area contributed by atoms with Crippen LogP contribution in [0.15, 0.2) is 23.5 Å². The van der Waals surface area contributed by atoms with Crippen LogP contribution in [0.3, 0.4) is 0 Å². The van der Waals surface area contributed by atoms with Crippen LogP contribution in [0.1, 0.15) is 45.4 Å². The largest absolute Gasteiger partial charge is 0.470 e. The van der Waals surface area contributed by atoms with Gasteiger partial charge in [-0.2, -0.15) is 0 Å². The van der Waals surface area contributed by atoms with Crippen LogP contribution >= 0.6 is 0 Å². The number of carbonyl (C=O) groups is 2. The van der Waals surface area contributed by atoms with E-state index < -0.39 is 17.9 Å². The first kappa shape index (κ1) is 15.3. The second-order valence-corrected chi connectivity index (χ2v) is 4.68. The van der Waals surface area contributed by atoms with Crippen molar-refractivity contribution in [3.05, 3.63) is 23.5 Å². The predicted octanol–water partition coefficient (Wildman–Crippen LogP) is 1.53. The van der Waals surface area contributed by atoms with Gasteiger partial charge in [-0.25, -0.2) is 0 Å². The van der Waals surface area contributed by atoms with E-state index in [1.165, 1.54) is 25.3 Å². The summed E-state index contributed by atoms with van der Waals surface area (Å²) in [4.78, 5) is 22.2. The molecule has 1 unspecified atom stereocenters. The fourth-order valence-electron chi connectivity index (χ4n) is 1.99. The molecular formula is C14H22N2O3. The lowest BCUT2D eigenvalue weighted by Gasteiger charge is -2.09. The van der Waals surface area contributed by atoms with Gasteiger partial charge in [0.2, 0.25) is 6.10 Å². The van der Waals surface area contributed by atoms with Crippen molar-refractivity contribution < 1.29 is 14.3 Å². The number of nitrogens with two attached hydrogens (primary N) is 2. The molecule has 0 spiro atoms. The van der Waals surface area contributed by atoms with Crippen LogP contribution in [0.2, 0.25) is 0 Å². The Kier molecular flexibility index (Phi) is 6.12. The van der Waals surface area contributed by atoms with E-state index in [-0.39, 0.29) is 5.76 Å². The summed E-state index contributed by atoms with van der Waals surface area (Å²) in [6.07, 6.45) is 9.26. The minimum absolute atomic E-state index is 0.000956. The van der Waals surface area contributed by atoms with Crippen LogP contribution in [-0.4, -0.2) is 17.9 Å². The third-order valence-corrected chi connectivity index (χ3v) is 3.03. The fraction of sp³-hybridized carbons (Fsp3) is 0.571. The normalized spacial score (nSPS) is 20.2. The minimum atomic E-state index is -0.877. The molecule has 0 aromatic rings. The Hall–Kier alpha value is -1.78. The SMILES string of the molecule is CCCCCCCC=C1C=C(C(N)=O)OC1C(N)=O. The molecule has 0 bridgehead atoms. The Bertz CT molecular complexity index is 399. The summed E-state index contributed by atoms with van der Waals surface area (Å²) in [6, 6.07) is 0. The van der Waals surface area contributed by atoms with Crippen molar-refractivity contribution in [1.29, 1.82) is 0 Å². The Balaban J connectivity index is 2.52. The van der Waals surface area contributed by atoms with E-state index in [2.05, 4.69) is 6.92 Å². The smallest absolute Gasteiger partial charge is 0.283 e. The lowest BCUT2D eigenvalue weighted by atomic mass is 10.1. The fourth-order valence-corrected chi connectivity index (χ4v) is 1.99. The van der Waals surface area contributed by atoms with Gasteiger partial charge in [-0.3, -0.25) is 9.59 Å². The van der Waals surface area contributed by atoms with Gasteiger partial charge in [-0.05, 0) is 18.9 Å². The first-order valence-corrected chi connectivity index (χ1v) is 6.73. The zero-order valence-electron chi connectivity index (χ0n) is 11.4. The van der Waals surface area contributed by atoms with Crippen LogP contribution in [0.5, 0.6) is 0 Å². The van der Waals surface area contributed by atoms with Crippen LogP contribution in [0.25, 0.3) is 0 Å². The number of amides is 2. The summed E-state index contributed by atoms with van der Waals surface area (Å²) in [7, 11) is 0. The Morgan fingerprint density at radius 1 is 1.26 bits per heavy atom. The molecule has 0 radical (unpaired) electrons. The van der Waals surface area contributed by atoms with Gasteiger partial charge in [0, 0.05) is 5.57 Å². The predicted molar refractivity (Wildman–Crippen MR) is 72.8 cm³/mol. The van der Waals surface area contributed by atoms with Gasteiger partial charge < -0.3 is 16.2 Å². The summed E-state index contributed by atoms with van der Waals surface area (Å²) in [5, 5.41) is 0. The van der Waals surface area contributed by atoms with E-state index in [4.69, 9.17) is 16.2 Å². The summed E-state index contributed by atoms with van der Waals surface area (Å²) in [5.74, 6) is -1.29. The first-order chi connectivity index (χ1) is 9.06. The van der Waals surface area contributed by atoms with Gasteiger partial charge in [0.05, 0.1) is 0 Å². The maximum atomic E-state index is 11.2. The molecule has 0 saturated carbocycles. The summed E-state index contributed by atoms with van der Waals surface area (Å²) >= 11 is 0. The number of ether oxygens (including phenoxy) is 1. The summed E-state index contributed by atoms with van der Waals surface area (Å²) in [5.41, 5.74) is 11.0. The zero-order valence-corrected chi connectivity index (χ0v) is 11.4. The third kappa shape index (κ3) is 4.77. The number of allylic oxidation sites excluding steroid dienone is 1. The lowest BCUT2D eigenvalue weighted by Crippen LogP contribution is -2.30. The molecule has 0 saturated heterocycles. The number of hydrogen-bond acceptors (Lipinski definition) is 3. The molecule has 1 rings (SSSR count). The molecule has 4 N–H and O–H groups in total. The summed E-state index contributed by atoms with van der Waals surface area (Å²) in [6.45, 7) is 2.17. The van der Waals surface area contributed by atoms with Crippen molar-refractivity contribution in [3.8, 4) is 0 Å². The number of carbonyl (C=O) groups excluding carboxylic acids is 2. The molecule has 2 amide bonds. The zero-order chi connectivity index (χ0) is 14.3. The van der Waals surface area contributed by atoms with E-state index in [9.17, 15) is 9.59 Å². The van der Waals surface area contributed by atoms with Crippen molar-refractivity contribution >= 4 is 11.8 Å². The lowest BCUT2D eigenvalue weighted by molar-refractivity contribution is -0.126. The molecule has 1 heterocycles. The highest BCUT2D eigenvalue weighted by molar-refractivity contribution is 5.94. The highest BCUT2D eigenvalue weighted by Crippen LogP contribution is 2.23. The Morgan fingerprint density at radius 3 is 2.53 bits per heavy atom. The topological polar surface area (TPSA) is 95.4 Å². The van der Waals surface area contributed by atoms with Crippen LogP contribution in [-0.2, 0) is 14.3 Å². The molecule has 19 heavy (non-hydrogen) atoms. The summed E-state index contributed by atoms with van der Waals surface area (Å²) < 4.78 is 5.14. The van der Waals surface area contributed by atoms with Gasteiger partial charge in [-0.15, -0.1) is 0 Å². The maximum absolute atomic E-state index is 11.2. The Morgan fingerprint density at radius 2 is 1.95 bits per heavy atom. The van der Waals surface area contributed by atoms with E-state index in [0.717, 1.165) is 19.3 Å². The maximum Gasteiger partial charge on any atom is 0.283 e. The molecule has 1 atom stereocenters. The molecule has 5 heteroatoms. The average Bonchev–Trinajstić information content (AvgIpc) is 2.78. The van der Waals surface area contributed by atoms with Gasteiger partial charge in [0.25, 0.3) is 11.8 Å². The van der Waals surface area contributed by atoms with Crippen molar-refractivity contribution in [2.24, 2.45) is 11.5 Å². The van der Waals surface area contributed by atoms with E-state index >= 15 is 0 Å². The van der Waals surface area contributed by atoms with Crippen LogP contribution < -0.4 is 11.5 Å². The van der Waals surface area contributed by atoms with Crippen LogP contribution in [0, 0.1) is 0 Å². The monoisotopic (exact) mass is 266 g/mol. The van der Waals surface area contributed by atoms with E-state index in [0.29, 0.717) is 5.57 Å². The molecule has 5 nitrogen and oxygen atoms in total. The minimum Gasteiger partial charge on any atom is -0.470 e. The second kappa shape index (κ2) is 7.61. The highest BCUT2D eigenvalue weighted by Gasteiger charge is 2.30. The first-order valence-electron chi connectivity index (χ1n) is 6.73. The van der Waals surface area contributed by atoms with Crippen LogP contribution in [0.4, 0.5) is 0 Å². The molecule has 0 aromatic carbocycles. The molecular weight excluding hydrogens is 244 g/mol. The number of hydrogen-bond donors (Lipinski definition) is 2.